The smallest absolute Gasteiger partial charge is 0.410 e. The maximum atomic E-state index is 12.6. The summed E-state index contributed by atoms with van der Waals surface area (Å²) in [4.78, 5) is 16.6. The van der Waals surface area contributed by atoms with Crippen LogP contribution < -0.4 is 4.74 Å². The lowest BCUT2D eigenvalue weighted by Crippen LogP contribution is -2.49. The van der Waals surface area contributed by atoms with Crippen molar-refractivity contribution in [3.05, 3.63) is 89.2 Å². The van der Waals surface area contributed by atoms with Gasteiger partial charge in [-0.05, 0) is 44.5 Å². The van der Waals surface area contributed by atoms with E-state index in [2.05, 4.69) is 27.3 Å². The van der Waals surface area contributed by atoms with Crippen molar-refractivity contribution in [2.75, 3.05) is 32.8 Å². The molecule has 0 spiro atoms. The van der Waals surface area contributed by atoms with Crippen molar-refractivity contribution >= 4 is 34.5 Å². The number of nitrogens with zero attached hydrogens (tertiary/aromatic N) is 4. The van der Waals surface area contributed by atoms with Gasteiger partial charge in [0.05, 0.1) is 28.9 Å². The Labute approximate surface area is 251 Å². The molecular formula is C34H36N4O5. The Morgan fingerprint density at radius 2 is 1.72 bits per heavy atom. The first-order valence-electron chi connectivity index (χ1n) is 14.6. The fraction of sp³-hybridized carbons (Fsp3) is 0.324. The van der Waals surface area contributed by atoms with Crippen LogP contribution in [0.25, 0.3) is 22.7 Å². The lowest BCUT2D eigenvalue weighted by Gasteiger charge is -2.35. The predicted octanol–water partition coefficient (Wildman–Crippen LogP) is 7.41. The van der Waals surface area contributed by atoms with Gasteiger partial charge in [-0.1, -0.05) is 48.5 Å². The van der Waals surface area contributed by atoms with Crippen LogP contribution in [0.4, 0.5) is 10.5 Å². The summed E-state index contributed by atoms with van der Waals surface area (Å²) in [6, 6.07) is 21.6. The molecule has 6 rings (SSSR count). The standard InChI is InChI=1S/C34H36N4O5/c1-34(2,3)43-33(40)38-18-16-37(17-19-38)22-26-29(41-20-15-23-9-5-4-6-10-23)14-13-25-31(39)30(42-32(25)26)21-28-24-11-7-8-12-27(24)35-36-28/h4-14,21,39H,15-20,22H2,1-3H3. The van der Waals surface area contributed by atoms with Crippen molar-refractivity contribution in [1.29, 1.82) is 0 Å². The van der Waals surface area contributed by atoms with E-state index in [1.165, 1.54) is 5.56 Å². The average Bonchev–Trinajstić information content (AvgIpc) is 3.55. The normalized spacial score (nSPS) is 16.2. The molecular weight excluding hydrogens is 544 g/mol. The molecule has 9 heteroatoms. The SMILES string of the molecule is CC(C)(C)OC(=O)N1CCN(Cc2c(OCCc3ccccc3)ccc3c(O)c(C=C4N=Nc5ccccc54)oc23)CC1. The molecule has 1 amide bonds. The quantitative estimate of drug-likeness (QED) is 0.244. The fourth-order valence-corrected chi connectivity index (χ4v) is 5.32. The number of hydrogen-bond acceptors (Lipinski definition) is 8. The Morgan fingerprint density at radius 3 is 2.49 bits per heavy atom. The molecule has 4 aromatic rings. The molecule has 0 unspecified atom stereocenters. The third kappa shape index (κ3) is 6.41. The monoisotopic (exact) mass is 580 g/mol. The summed E-state index contributed by atoms with van der Waals surface area (Å²) < 4.78 is 18.2. The summed E-state index contributed by atoms with van der Waals surface area (Å²) in [5.74, 6) is 1.07. The maximum absolute atomic E-state index is 12.6. The van der Waals surface area contributed by atoms with Gasteiger partial charge in [-0.25, -0.2) is 4.79 Å². The third-order valence-corrected chi connectivity index (χ3v) is 7.53. The van der Waals surface area contributed by atoms with Crippen LogP contribution in [0.1, 0.15) is 43.2 Å². The minimum atomic E-state index is -0.536. The summed E-state index contributed by atoms with van der Waals surface area (Å²) in [6.07, 6.45) is 2.20. The zero-order valence-corrected chi connectivity index (χ0v) is 24.7. The maximum Gasteiger partial charge on any atom is 0.410 e. The van der Waals surface area contributed by atoms with E-state index in [1.54, 1.807) is 11.0 Å². The van der Waals surface area contributed by atoms with Crippen molar-refractivity contribution in [3.63, 3.8) is 0 Å². The molecule has 1 aromatic heterocycles. The molecule has 222 valence electrons. The number of piperazine rings is 1. The molecule has 0 bridgehead atoms. The average molecular weight is 581 g/mol. The minimum absolute atomic E-state index is 0.0499. The summed E-state index contributed by atoms with van der Waals surface area (Å²) in [6.45, 7) is 9.09. The van der Waals surface area contributed by atoms with E-state index in [0.717, 1.165) is 23.2 Å². The molecule has 2 aliphatic rings. The van der Waals surface area contributed by atoms with E-state index in [9.17, 15) is 9.90 Å². The van der Waals surface area contributed by atoms with Crippen LogP contribution >= 0.6 is 0 Å². The van der Waals surface area contributed by atoms with Gasteiger partial charge in [0.1, 0.15) is 16.9 Å². The molecule has 2 aliphatic heterocycles. The molecule has 1 N–H and O–H groups in total. The lowest BCUT2D eigenvalue weighted by molar-refractivity contribution is 0.0138. The summed E-state index contributed by atoms with van der Waals surface area (Å²) in [7, 11) is 0. The number of carbonyl (C=O) groups excluding carboxylic acids is 1. The number of hydrogen-bond donors (Lipinski definition) is 1. The van der Waals surface area contributed by atoms with Gasteiger partial charge in [0.2, 0.25) is 0 Å². The largest absolute Gasteiger partial charge is 0.504 e. The van der Waals surface area contributed by atoms with Crippen LogP contribution in [0.15, 0.2) is 81.4 Å². The van der Waals surface area contributed by atoms with Gasteiger partial charge in [0.25, 0.3) is 0 Å². The van der Waals surface area contributed by atoms with Gasteiger partial charge in [-0.3, -0.25) is 4.90 Å². The van der Waals surface area contributed by atoms with Crippen LogP contribution in [0.5, 0.6) is 11.5 Å². The number of carbonyl (C=O) groups is 1. The fourth-order valence-electron chi connectivity index (χ4n) is 5.32. The second-order valence-electron chi connectivity index (χ2n) is 11.8. The molecule has 3 aromatic carbocycles. The summed E-state index contributed by atoms with van der Waals surface area (Å²) >= 11 is 0. The molecule has 9 nitrogen and oxygen atoms in total. The Morgan fingerprint density at radius 1 is 0.977 bits per heavy atom. The Bertz CT molecular complexity index is 1680. The van der Waals surface area contributed by atoms with Gasteiger partial charge >= 0.3 is 6.09 Å². The zero-order valence-electron chi connectivity index (χ0n) is 24.7. The summed E-state index contributed by atoms with van der Waals surface area (Å²) in [5.41, 5.74) is 4.37. The molecule has 3 heterocycles. The van der Waals surface area contributed by atoms with Gasteiger partial charge in [0, 0.05) is 50.8 Å². The number of amides is 1. The van der Waals surface area contributed by atoms with Gasteiger partial charge in [0.15, 0.2) is 11.5 Å². The molecule has 1 fully saturated rings. The van der Waals surface area contributed by atoms with Gasteiger partial charge in [-0.2, -0.15) is 0 Å². The zero-order chi connectivity index (χ0) is 30.0. The first kappa shape index (κ1) is 28.5. The second-order valence-corrected chi connectivity index (χ2v) is 11.8. The van der Waals surface area contributed by atoms with Crippen molar-refractivity contribution in [2.45, 2.75) is 39.3 Å². The number of furan rings is 1. The van der Waals surface area contributed by atoms with Crippen LogP contribution in [0, 0.1) is 0 Å². The molecule has 0 saturated carbocycles. The van der Waals surface area contributed by atoms with Gasteiger partial charge < -0.3 is 23.9 Å². The highest BCUT2D eigenvalue weighted by molar-refractivity contribution is 5.95. The summed E-state index contributed by atoms with van der Waals surface area (Å²) in [5, 5.41) is 20.3. The topological polar surface area (TPSA) is 100 Å². The predicted molar refractivity (Wildman–Crippen MR) is 165 cm³/mol. The Kier molecular flexibility index (Phi) is 7.90. The number of benzene rings is 3. The molecule has 0 atom stereocenters. The van der Waals surface area contributed by atoms with E-state index in [0.29, 0.717) is 67.5 Å². The van der Waals surface area contributed by atoms with Crippen molar-refractivity contribution in [1.82, 2.24) is 9.80 Å². The Balaban J connectivity index is 1.27. The van der Waals surface area contributed by atoms with E-state index in [-0.39, 0.29) is 11.8 Å². The number of rotatable bonds is 7. The highest BCUT2D eigenvalue weighted by Gasteiger charge is 2.28. The highest BCUT2D eigenvalue weighted by atomic mass is 16.6. The lowest BCUT2D eigenvalue weighted by atomic mass is 10.1. The van der Waals surface area contributed by atoms with Crippen molar-refractivity contribution < 1.29 is 23.8 Å². The highest BCUT2D eigenvalue weighted by Crippen LogP contribution is 2.42. The molecule has 0 aliphatic carbocycles. The third-order valence-electron chi connectivity index (χ3n) is 7.53. The first-order valence-corrected chi connectivity index (χ1v) is 14.6. The first-order chi connectivity index (χ1) is 20.7. The number of aromatic hydroxyl groups is 1. The van der Waals surface area contributed by atoms with Crippen LogP contribution in [-0.2, 0) is 17.7 Å². The van der Waals surface area contributed by atoms with E-state index in [1.807, 2.05) is 75.4 Å². The molecule has 0 radical (unpaired) electrons. The molecule has 43 heavy (non-hydrogen) atoms. The van der Waals surface area contributed by atoms with Gasteiger partial charge in [-0.15, -0.1) is 10.2 Å². The second kappa shape index (κ2) is 11.9. The number of fused-ring (bicyclic) bond motifs is 2. The van der Waals surface area contributed by atoms with Crippen LogP contribution in [0.3, 0.4) is 0 Å². The van der Waals surface area contributed by atoms with Crippen molar-refractivity contribution in [2.24, 2.45) is 10.2 Å². The van der Waals surface area contributed by atoms with Crippen LogP contribution in [0.2, 0.25) is 0 Å². The van der Waals surface area contributed by atoms with E-state index in [4.69, 9.17) is 13.9 Å². The van der Waals surface area contributed by atoms with Crippen molar-refractivity contribution in [3.8, 4) is 11.5 Å². The van der Waals surface area contributed by atoms with Crippen LogP contribution in [-0.4, -0.2) is 59.4 Å². The van der Waals surface area contributed by atoms with E-state index < -0.39 is 5.60 Å². The Hall–Kier alpha value is -4.63. The molecule has 1 saturated heterocycles. The van der Waals surface area contributed by atoms with E-state index >= 15 is 0 Å². The number of azo groups is 1. The number of ether oxygens (including phenoxy) is 2. The minimum Gasteiger partial charge on any atom is -0.504 e.